The molecule has 0 amide bonds. The van der Waals surface area contributed by atoms with Gasteiger partial charge in [0.1, 0.15) is 11.6 Å². The molecule has 3 rings (SSSR count). The summed E-state index contributed by atoms with van der Waals surface area (Å²) in [5.74, 6) is 2.24. The van der Waals surface area contributed by atoms with Gasteiger partial charge < -0.3 is 15.2 Å². The van der Waals surface area contributed by atoms with Crippen LogP contribution < -0.4 is 10.1 Å². The van der Waals surface area contributed by atoms with E-state index in [0.717, 1.165) is 35.6 Å². The largest absolute Gasteiger partial charge is 0.508 e. The number of phenols is 1. The van der Waals surface area contributed by atoms with Crippen LogP contribution in [-0.4, -0.2) is 33.7 Å². The van der Waals surface area contributed by atoms with Crippen LogP contribution in [0.5, 0.6) is 11.6 Å². The van der Waals surface area contributed by atoms with E-state index in [1.54, 1.807) is 31.5 Å². The quantitative estimate of drug-likeness (QED) is 0.719. The predicted octanol–water partition coefficient (Wildman–Crippen LogP) is 3.22. The second-order valence-electron chi connectivity index (χ2n) is 5.65. The number of pyridine rings is 1. The minimum atomic E-state index is 0.279. The van der Waals surface area contributed by atoms with E-state index in [4.69, 9.17) is 4.74 Å². The van der Waals surface area contributed by atoms with Crippen molar-refractivity contribution in [1.29, 1.82) is 0 Å². The molecule has 0 radical (unpaired) electrons. The molecule has 6 nitrogen and oxygen atoms in total. The number of aromatic nitrogens is 3. The highest BCUT2D eigenvalue weighted by molar-refractivity contribution is 5.57. The number of aryl methyl sites for hydroxylation is 1. The molecule has 3 aromatic rings. The Morgan fingerprint density at radius 3 is 2.56 bits per heavy atom. The van der Waals surface area contributed by atoms with Crippen LogP contribution in [0.4, 0.5) is 5.82 Å². The van der Waals surface area contributed by atoms with Crippen molar-refractivity contribution in [2.75, 3.05) is 19.0 Å². The van der Waals surface area contributed by atoms with Gasteiger partial charge in [-0.15, -0.1) is 0 Å². The molecule has 2 N–H and O–H groups in total. The number of nitrogens with one attached hydrogen (secondary N) is 1. The molecule has 0 fully saturated rings. The van der Waals surface area contributed by atoms with Gasteiger partial charge in [-0.2, -0.15) is 0 Å². The van der Waals surface area contributed by atoms with Gasteiger partial charge in [0.2, 0.25) is 5.88 Å². The molecule has 2 heterocycles. The molecule has 0 aliphatic heterocycles. The van der Waals surface area contributed by atoms with Gasteiger partial charge in [0.15, 0.2) is 5.82 Å². The lowest BCUT2D eigenvalue weighted by molar-refractivity contribution is 0.398. The third-order valence-electron chi connectivity index (χ3n) is 3.71. The van der Waals surface area contributed by atoms with E-state index in [1.807, 2.05) is 31.2 Å². The number of hydrogen-bond donors (Lipinski definition) is 2. The minimum Gasteiger partial charge on any atom is -0.508 e. The molecule has 0 atom stereocenters. The Bertz CT molecular complexity index is 833. The summed E-state index contributed by atoms with van der Waals surface area (Å²) in [5, 5.41) is 12.6. The van der Waals surface area contributed by atoms with Crippen LogP contribution >= 0.6 is 0 Å². The number of benzene rings is 1. The van der Waals surface area contributed by atoms with E-state index >= 15 is 0 Å². The Balaban J connectivity index is 1.69. The monoisotopic (exact) mass is 336 g/mol. The smallest absolute Gasteiger partial charge is 0.212 e. The Hall–Kier alpha value is -3.15. The highest BCUT2D eigenvalue weighted by Crippen LogP contribution is 2.19. The topological polar surface area (TPSA) is 80.2 Å². The van der Waals surface area contributed by atoms with Crippen molar-refractivity contribution >= 4 is 5.82 Å². The summed E-state index contributed by atoms with van der Waals surface area (Å²) in [6.07, 6.45) is 2.54. The highest BCUT2D eigenvalue weighted by atomic mass is 16.5. The second kappa shape index (κ2) is 7.61. The third-order valence-corrected chi connectivity index (χ3v) is 3.71. The number of phenolic OH excluding ortho intramolecular Hbond substituents is 1. The summed E-state index contributed by atoms with van der Waals surface area (Å²) >= 11 is 0. The molecular weight excluding hydrogens is 316 g/mol. The number of nitrogens with zero attached hydrogens (tertiary/aromatic N) is 3. The fraction of sp³-hybridized carbons (Fsp3) is 0.211. The van der Waals surface area contributed by atoms with Crippen molar-refractivity contribution in [3.63, 3.8) is 0 Å². The van der Waals surface area contributed by atoms with Crippen molar-refractivity contribution < 1.29 is 9.84 Å². The number of rotatable bonds is 6. The van der Waals surface area contributed by atoms with Crippen LogP contribution in [0.1, 0.15) is 11.3 Å². The molecule has 0 unspecified atom stereocenters. The molecule has 0 saturated carbocycles. The van der Waals surface area contributed by atoms with E-state index in [1.165, 1.54) is 0 Å². The van der Waals surface area contributed by atoms with Crippen LogP contribution in [0.3, 0.4) is 0 Å². The maximum atomic E-state index is 9.32. The van der Waals surface area contributed by atoms with E-state index in [2.05, 4.69) is 20.3 Å². The molecule has 0 spiro atoms. The molecule has 128 valence electrons. The van der Waals surface area contributed by atoms with E-state index in [0.29, 0.717) is 11.7 Å². The van der Waals surface area contributed by atoms with Gasteiger partial charge in [-0.3, -0.25) is 0 Å². The third kappa shape index (κ3) is 4.44. The summed E-state index contributed by atoms with van der Waals surface area (Å²) in [7, 11) is 1.58. The first-order valence-electron chi connectivity index (χ1n) is 8.02. The van der Waals surface area contributed by atoms with Crippen LogP contribution in [0, 0.1) is 6.92 Å². The predicted molar refractivity (Wildman–Crippen MR) is 96.9 cm³/mol. The zero-order valence-electron chi connectivity index (χ0n) is 14.2. The maximum Gasteiger partial charge on any atom is 0.212 e. The van der Waals surface area contributed by atoms with Crippen molar-refractivity contribution in [3.05, 3.63) is 59.9 Å². The first kappa shape index (κ1) is 16.7. The van der Waals surface area contributed by atoms with Crippen molar-refractivity contribution in [2.45, 2.75) is 13.3 Å². The molecule has 0 aliphatic rings. The van der Waals surface area contributed by atoms with Crippen LogP contribution in [0.15, 0.2) is 48.7 Å². The Morgan fingerprint density at radius 1 is 1.08 bits per heavy atom. The number of ether oxygens (including phenoxy) is 1. The molecule has 0 saturated heterocycles. The SMILES string of the molecule is COc1ccc(-c2nc(C)cc(NCCc3ccc(O)cc3)n2)cn1. The standard InChI is InChI=1S/C19H20N4O2/c1-13-11-17(20-10-9-14-3-6-16(24)7-4-14)23-19(22-13)15-5-8-18(25-2)21-12-15/h3-8,11-12,24H,9-10H2,1-2H3,(H,20,22,23). The summed E-state index contributed by atoms with van der Waals surface area (Å²) in [6, 6.07) is 12.8. The van der Waals surface area contributed by atoms with E-state index in [9.17, 15) is 5.11 Å². The Kier molecular flexibility index (Phi) is 5.09. The molecule has 2 aromatic heterocycles. The normalized spacial score (nSPS) is 10.5. The molecule has 25 heavy (non-hydrogen) atoms. The van der Waals surface area contributed by atoms with Crippen molar-refractivity contribution in [1.82, 2.24) is 15.0 Å². The van der Waals surface area contributed by atoms with E-state index < -0.39 is 0 Å². The molecule has 1 aromatic carbocycles. The van der Waals surface area contributed by atoms with Gasteiger partial charge in [0, 0.05) is 36.1 Å². The van der Waals surface area contributed by atoms with Crippen molar-refractivity contribution in [2.24, 2.45) is 0 Å². The second-order valence-corrected chi connectivity index (χ2v) is 5.65. The molecular formula is C19H20N4O2. The van der Waals surface area contributed by atoms with Gasteiger partial charge in [0.25, 0.3) is 0 Å². The van der Waals surface area contributed by atoms with Gasteiger partial charge in [0.05, 0.1) is 7.11 Å². The zero-order chi connectivity index (χ0) is 17.6. The first-order valence-corrected chi connectivity index (χ1v) is 8.02. The fourth-order valence-electron chi connectivity index (χ4n) is 2.42. The van der Waals surface area contributed by atoms with E-state index in [-0.39, 0.29) is 5.75 Å². The average Bonchev–Trinajstić information content (AvgIpc) is 2.63. The number of aromatic hydroxyl groups is 1. The lowest BCUT2D eigenvalue weighted by Gasteiger charge is -2.09. The number of anilines is 1. The van der Waals surface area contributed by atoms with Crippen LogP contribution in [0.2, 0.25) is 0 Å². The summed E-state index contributed by atoms with van der Waals surface area (Å²) in [6.45, 7) is 2.68. The Morgan fingerprint density at radius 2 is 1.88 bits per heavy atom. The lowest BCUT2D eigenvalue weighted by Crippen LogP contribution is -2.08. The molecule has 0 bridgehead atoms. The van der Waals surface area contributed by atoms with Crippen LogP contribution in [0.25, 0.3) is 11.4 Å². The van der Waals surface area contributed by atoms with Crippen LogP contribution in [-0.2, 0) is 6.42 Å². The minimum absolute atomic E-state index is 0.279. The Labute approximate surface area is 146 Å². The summed E-state index contributed by atoms with van der Waals surface area (Å²) in [4.78, 5) is 13.2. The zero-order valence-corrected chi connectivity index (χ0v) is 14.2. The number of methoxy groups -OCH3 is 1. The number of hydrogen-bond acceptors (Lipinski definition) is 6. The van der Waals surface area contributed by atoms with Gasteiger partial charge in [-0.25, -0.2) is 15.0 Å². The first-order chi connectivity index (χ1) is 12.1. The average molecular weight is 336 g/mol. The van der Waals surface area contributed by atoms with Crippen molar-refractivity contribution in [3.8, 4) is 23.0 Å². The highest BCUT2D eigenvalue weighted by Gasteiger charge is 2.06. The van der Waals surface area contributed by atoms with Gasteiger partial charge in [-0.05, 0) is 37.1 Å². The maximum absolute atomic E-state index is 9.32. The lowest BCUT2D eigenvalue weighted by atomic mass is 10.1. The summed E-state index contributed by atoms with van der Waals surface area (Å²) < 4.78 is 5.08. The fourth-order valence-corrected chi connectivity index (χ4v) is 2.42. The molecule has 0 aliphatic carbocycles. The molecule has 6 heteroatoms. The van der Waals surface area contributed by atoms with Gasteiger partial charge in [-0.1, -0.05) is 12.1 Å². The van der Waals surface area contributed by atoms with Gasteiger partial charge >= 0.3 is 0 Å². The summed E-state index contributed by atoms with van der Waals surface area (Å²) in [5.41, 5.74) is 2.87.